The minimum Gasteiger partial charge on any atom is -0.478 e. The molecule has 10 heteroatoms. The first-order valence-electron chi connectivity index (χ1n) is 8.82. The summed E-state index contributed by atoms with van der Waals surface area (Å²) >= 11 is 2.58. The van der Waals surface area contributed by atoms with Gasteiger partial charge in [0.15, 0.2) is 5.82 Å². The second kappa shape index (κ2) is 7.29. The average molecular weight is 467 g/mol. The maximum Gasteiger partial charge on any atom is 0.338 e. The predicted octanol–water partition coefficient (Wildman–Crippen LogP) is 4.26. The summed E-state index contributed by atoms with van der Waals surface area (Å²) < 4.78 is 56.7. The fourth-order valence-corrected chi connectivity index (χ4v) is 4.77. The van der Waals surface area contributed by atoms with Crippen molar-refractivity contribution in [2.24, 2.45) is 5.92 Å². The van der Waals surface area contributed by atoms with Gasteiger partial charge in [-0.15, -0.1) is 0 Å². The molecule has 1 aromatic carbocycles. The molecule has 2 fully saturated rings. The van der Waals surface area contributed by atoms with Gasteiger partial charge in [-0.1, -0.05) is 6.92 Å². The lowest BCUT2D eigenvalue weighted by atomic mass is 9.84. The Morgan fingerprint density at radius 2 is 2.11 bits per heavy atom. The van der Waals surface area contributed by atoms with E-state index in [1.165, 1.54) is 0 Å². The van der Waals surface area contributed by atoms with E-state index in [-0.39, 0.29) is 5.92 Å². The van der Waals surface area contributed by atoms with Crippen LogP contribution in [0.1, 0.15) is 43.0 Å². The number of fused-ring (bicyclic) bond motifs is 1. The van der Waals surface area contributed by atoms with Gasteiger partial charge in [-0.3, -0.25) is 9.69 Å². The zero-order valence-electron chi connectivity index (χ0n) is 15.0. The van der Waals surface area contributed by atoms with Crippen LogP contribution in [0.4, 0.5) is 23.2 Å². The Kier molecular flexibility index (Phi) is 5.48. The number of amides is 1. The molecule has 1 amide bonds. The van der Waals surface area contributed by atoms with Crippen molar-refractivity contribution >= 4 is 33.5 Å². The second-order valence-corrected chi connectivity index (χ2v) is 8.43. The van der Waals surface area contributed by atoms with Gasteiger partial charge in [-0.25, -0.2) is 13.6 Å². The highest BCUT2D eigenvalue weighted by Gasteiger charge is 2.55. The van der Waals surface area contributed by atoms with Gasteiger partial charge >= 0.3 is 11.9 Å². The van der Waals surface area contributed by atoms with E-state index in [9.17, 15) is 27.2 Å². The number of carbonyl (C=O) groups excluding carboxylic acids is 1. The van der Waals surface area contributed by atoms with Crippen molar-refractivity contribution in [3.63, 3.8) is 0 Å². The largest absolute Gasteiger partial charge is 0.478 e. The summed E-state index contributed by atoms with van der Waals surface area (Å²) in [6.07, 6.45) is 1.10. The summed E-state index contributed by atoms with van der Waals surface area (Å²) in [6.45, 7) is 3.33. The number of aromatic carboxylic acids is 1. The van der Waals surface area contributed by atoms with Crippen LogP contribution in [-0.4, -0.2) is 46.4 Å². The van der Waals surface area contributed by atoms with Crippen molar-refractivity contribution in [2.75, 3.05) is 18.4 Å². The molecule has 2 aliphatic heterocycles. The van der Waals surface area contributed by atoms with E-state index in [1.54, 1.807) is 5.32 Å². The highest BCUT2D eigenvalue weighted by atomic mass is 79.9. The number of nitrogens with zero attached hydrogens (tertiary/aromatic N) is 1. The van der Waals surface area contributed by atoms with Gasteiger partial charge in [0.1, 0.15) is 5.82 Å². The van der Waals surface area contributed by atoms with Crippen LogP contribution >= 0.6 is 15.9 Å². The highest BCUT2D eigenvalue weighted by molar-refractivity contribution is 9.10. The van der Waals surface area contributed by atoms with Gasteiger partial charge in [-0.2, -0.15) is 8.78 Å². The van der Waals surface area contributed by atoms with Crippen molar-refractivity contribution in [2.45, 2.75) is 44.1 Å². The van der Waals surface area contributed by atoms with Crippen LogP contribution in [0.15, 0.2) is 10.5 Å². The second-order valence-electron chi connectivity index (χ2n) is 7.63. The van der Waals surface area contributed by atoms with Crippen molar-refractivity contribution < 1.29 is 32.3 Å². The molecule has 0 radical (unpaired) electrons. The Hall–Kier alpha value is -1.68. The third kappa shape index (κ3) is 3.63. The molecule has 0 aromatic heterocycles. The van der Waals surface area contributed by atoms with E-state index in [0.717, 1.165) is 6.42 Å². The highest BCUT2D eigenvalue weighted by Crippen LogP contribution is 2.47. The summed E-state index contributed by atoms with van der Waals surface area (Å²) in [5.74, 6) is -9.88. The molecule has 154 valence electrons. The Morgan fingerprint density at radius 3 is 2.75 bits per heavy atom. The topological polar surface area (TPSA) is 69.6 Å². The number of nitrogens with one attached hydrogen (secondary N) is 1. The molecular formula is C18H19BrF4N2O3. The Morgan fingerprint density at radius 1 is 1.43 bits per heavy atom. The van der Waals surface area contributed by atoms with Crippen molar-refractivity contribution in [3.05, 3.63) is 27.7 Å². The fraction of sp³-hybridized carbons (Fsp3) is 0.556. The molecular weight excluding hydrogens is 448 g/mol. The van der Waals surface area contributed by atoms with E-state index in [2.05, 4.69) is 15.9 Å². The average Bonchev–Trinajstić information content (AvgIpc) is 3.08. The molecule has 1 aromatic rings. The Labute approximate surface area is 167 Å². The van der Waals surface area contributed by atoms with Crippen LogP contribution in [0.2, 0.25) is 0 Å². The zero-order chi connectivity index (χ0) is 20.9. The lowest BCUT2D eigenvalue weighted by Gasteiger charge is -2.34. The molecule has 0 aliphatic carbocycles. The van der Waals surface area contributed by atoms with Gasteiger partial charge in [0.05, 0.1) is 15.7 Å². The lowest BCUT2D eigenvalue weighted by molar-refractivity contribution is -0.144. The summed E-state index contributed by atoms with van der Waals surface area (Å²) in [7, 11) is 0. The molecule has 0 spiro atoms. The molecule has 2 aliphatic rings. The van der Waals surface area contributed by atoms with Crippen LogP contribution < -0.4 is 5.32 Å². The monoisotopic (exact) mass is 466 g/mol. The first kappa shape index (κ1) is 21.0. The Balaban J connectivity index is 1.87. The lowest BCUT2D eigenvalue weighted by Crippen LogP contribution is -2.47. The number of hydrogen-bond donors (Lipinski definition) is 2. The van der Waals surface area contributed by atoms with Gasteiger partial charge < -0.3 is 10.4 Å². The minimum atomic E-state index is -3.85. The van der Waals surface area contributed by atoms with E-state index in [0.29, 0.717) is 32.0 Å². The molecule has 3 rings (SSSR count). The van der Waals surface area contributed by atoms with E-state index >= 15 is 0 Å². The van der Waals surface area contributed by atoms with Gasteiger partial charge in [-0.05, 0) is 53.7 Å². The molecule has 5 nitrogen and oxygen atoms in total. The molecule has 0 bridgehead atoms. The number of hydrogen-bond acceptors (Lipinski definition) is 3. The predicted molar refractivity (Wildman–Crippen MR) is 96.5 cm³/mol. The number of halogens is 5. The van der Waals surface area contributed by atoms with E-state index in [1.807, 2.05) is 11.8 Å². The van der Waals surface area contributed by atoms with E-state index in [4.69, 9.17) is 5.11 Å². The van der Waals surface area contributed by atoms with Crippen LogP contribution in [-0.2, 0) is 4.79 Å². The summed E-state index contributed by atoms with van der Waals surface area (Å²) in [4.78, 5) is 25.5. The normalized spacial score (nSPS) is 25.0. The number of rotatable bonds is 5. The molecule has 0 saturated carbocycles. The van der Waals surface area contributed by atoms with Crippen LogP contribution in [0.5, 0.6) is 0 Å². The summed E-state index contributed by atoms with van der Waals surface area (Å²) in [6, 6.07) is 0.458. The van der Waals surface area contributed by atoms with Gasteiger partial charge in [0, 0.05) is 18.5 Å². The number of benzene rings is 1. The minimum absolute atomic E-state index is 0.225. The molecule has 2 heterocycles. The maximum absolute atomic E-state index is 14.8. The quantitative estimate of drug-likeness (QED) is 0.502. The molecule has 2 N–H and O–H groups in total. The number of alkyl halides is 2. The summed E-state index contributed by atoms with van der Waals surface area (Å²) in [5, 5.41) is 10.8. The van der Waals surface area contributed by atoms with Crippen LogP contribution in [0, 0.1) is 17.6 Å². The smallest absolute Gasteiger partial charge is 0.338 e. The van der Waals surface area contributed by atoms with E-state index < -0.39 is 57.1 Å². The summed E-state index contributed by atoms with van der Waals surface area (Å²) in [5.41, 5.74) is -2.74. The van der Waals surface area contributed by atoms with Crippen LogP contribution in [0.25, 0.3) is 0 Å². The zero-order valence-corrected chi connectivity index (χ0v) is 16.6. The fourth-order valence-electron chi connectivity index (χ4n) is 4.46. The maximum atomic E-state index is 14.8. The molecule has 28 heavy (non-hydrogen) atoms. The number of anilines is 1. The molecule has 2 atom stereocenters. The number of carboxylic acid groups (broad SMARTS) is 1. The first-order valence-corrected chi connectivity index (χ1v) is 9.61. The standard InChI is InChI=1S/C18H19BrF4N2O3/c1-9-6-17(3-2-4-25(17)7-9)8-18(22,23)16(28)24-14-10(15(26)27)5-11(20)12(19)13(14)21/h5,9H,2-4,6-8H2,1H3,(H,24,28)(H,26,27)/t9?,17-/m0/s1. The van der Waals surface area contributed by atoms with Crippen molar-refractivity contribution in [1.29, 1.82) is 0 Å². The van der Waals surface area contributed by atoms with Gasteiger partial charge in [0.2, 0.25) is 0 Å². The van der Waals surface area contributed by atoms with Crippen molar-refractivity contribution in [1.82, 2.24) is 4.90 Å². The molecule has 1 unspecified atom stereocenters. The third-order valence-corrected chi connectivity index (χ3v) is 6.24. The Bertz CT molecular complexity index is 836. The number of carboxylic acids is 1. The van der Waals surface area contributed by atoms with Gasteiger partial charge in [0.25, 0.3) is 5.91 Å². The molecule has 2 saturated heterocycles. The SMILES string of the molecule is CC1CN2CCC[C@@]2(CC(F)(F)C(=O)Nc2c(C(=O)O)cc(F)c(Br)c2F)C1. The first-order chi connectivity index (χ1) is 13.0. The van der Waals surface area contributed by atoms with Crippen LogP contribution in [0.3, 0.4) is 0 Å². The third-order valence-electron chi connectivity index (χ3n) is 5.52. The van der Waals surface area contributed by atoms with Crippen molar-refractivity contribution in [3.8, 4) is 0 Å². The number of carbonyl (C=O) groups is 2.